The van der Waals surface area contributed by atoms with Crippen LogP contribution in [-0.2, 0) is 22.4 Å². The maximum atomic E-state index is 12.0. The van der Waals surface area contributed by atoms with Gasteiger partial charge in [0.05, 0.1) is 11.4 Å². The summed E-state index contributed by atoms with van der Waals surface area (Å²) in [6.45, 7) is 5.62. The van der Waals surface area contributed by atoms with Crippen LogP contribution in [-0.4, -0.2) is 47.6 Å². The van der Waals surface area contributed by atoms with E-state index in [0.29, 0.717) is 30.9 Å². The molecule has 10 nitrogen and oxygen atoms in total. The number of amides is 3. The Hall–Kier alpha value is -3.69. The van der Waals surface area contributed by atoms with Gasteiger partial charge in [-0.15, -0.1) is 0 Å². The first kappa shape index (κ1) is 23.6. The zero-order valence-corrected chi connectivity index (χ0v) is 18.1. The van der Waals surface area contributed by atoms with Gasteiger partial charge in [0.2, 0.25) is 0 Å². The van der Waals surface area contributed by atoms with E-state index in [9.17, 15) is 14.4 Å². The van der Waals surface area contributed by atoms with Gasteiger partial charge in [-0.05, 0) is 44.4 Å². The van der Waals surface area contributed by atoms with E-state index in [2.05, 4.69) is 25.9 Å². The van der Waals surface area contributed by atoms with E-state index in [4.69, 9.17) is 10.5 Å². The fraction of sp³-hybridized carbons (Fsp3) is 0.381. The SMILES string of the molecule is CCc1nc(C(N)=O)c(Nc2cccc(CCNC(=O)[C@H](C)OC(=O)NC)c2)nc1C. The zero-order valence-electron chi connectivity index (χ0n) is 18.1. The minimum atomic E-state index is -0.895. The van der Waals surface area contributed by atoms with E-state index in [-0.39, 0.29) is 11.6 Å². The van der Waals surface area contributed by atoms with Gasteiger partial charge in [-0.1, -0.05) is 19.1 Å². The van der Waals surface area contributed by atoms with E-state index >= 15 is 0 Å². The molecule has 0 saturated heterocycles. The molecular formula is C21H28N6O4. The second-order valence-corrected chi connectivity index (χ2v) is 6.83. The number of hydrogen-bond acceptors (Lipinski definition) is 7. The molecule has 0 aliphatic carbocycles. The van der Waals surface area contributed by atoms with E-state index in [1.165, 1.54) is 14.0 Å². The van der Waals surface area contributed by atoms with Crippen molar-refractivity contribution in [2.24, 2.45) is 5.73 Å². The number of ether oxygens (including phenoxy) is 1. The van der Waals surface area contributed by atoms with Crippen molar-refractivity contribution < 1.29 is 19.1 Å². The number of carbonyl (C=O) groups is 3. The third-order valence-corrected chi connectivity index (χ3v) is 4.50. The molecule has 1 aromatic carbocycles. The van der Waals surface area contributed by atoms with Crippen molar-refractivity contribution in [1.29, 1.82) is 0 Å². The number of hydrogen-bond donors (Lipinski definition) is 4. The molecule has 10 heteroatoms. The first-order chi connectivity index (χ1) is 14.7. The Morgan fingerprint density at radius 3 is 2.61 bits per heavy atom. The predicted molar refractivity (Wildman–Crippen MR) is 116 cm³/mol. The summed E-state index contributed by atoms with van der Waals surface area (Å²) in [5.74, 6) is -0.741. The summed E-state index contributed by atoms with van der Waals surface area (Å²) in [5, 5.41) is 8.12. The van der Waals surface area contributed by atoms with Crippen LogP contribution >= 0.6 is 0 Å². The van der Waals surface area contributed by atoms with E-state index < -0.39 is 18.1 Å². The Morgan fingerprint density at radius 2 is 1.97 bits per heavy atom. The van der Waals surface area contributed by atoms with Crippen molar-refractivity contribution in [3.8, 4) is 0 Å². The van der Waals surface area contributed by atoms with Crippen LogP contribution in [0.25, 0.3) is 0 Å². The zero-order chi connectivity index (χ0) is 23.0. The lowest BCUT2D eigenvalue weighted by atomic mass is 10.1. The summed E-state index contributed by atoms with van der Waals surface area (Å²) >= 11 is 0. The van der Waals surface area contributed by atoms with Crippen molar-refractivity contribution in [3.63, 3.8) is 0 Å². The number of rotatable bonds is 9. The molecule has 0 unspecified atom stereocenters. The Balaban J connectivity index is 2.03. The lowest BCUT2D eigenvalue weighted by Gasteiger charge is -2.14. The molecule has 0 bridgehead atoms. The van der Waals surface area contributed by atoms with Crippen molar-refractivity contribution in [3.05, 3.63) is 46.9 Å². The van der Waals surface area contributed by atoms with Crippen LogP contribution in [0.1, 0.15) is 41.3 Å². The highest BCUT2D eigenvalue weighted by Crippen LogP contribution is 2.20. The van der Waals surface area contributed by atoms with E-state index in [0.717, 1.165) is 17.0 Å². The number of anilines is 2. The Bertz CT molecular complexity index is 963. The largest absolute Gasteiger partial charge is 0.436 e. The highest BCUT2D eigenvalue weighted by Gasteiger charge is 2.17. The molecule has 1 atom stereocenters. The third kappa shape index (κ3) is 6.66. The molecule has 0 aliphatic heterocycles. The molecule has 31 heavy (non-hydrogen) atoms. The molecule has 0 spiro atoms. The van der Waals surface area contributed by atoms with Crippen LogP contribution in [0.4, 0.5) is 16.3 Å². The third-order valence-electron chi connectivity index (χ3n) is 4.50. The number of carbonyl (C=O) groups excluding carboxylic acids is 3. The fourth-order valence-electron chi connectivity index (χ4n) is 2.84. The van der Waals surface area contributed by atoms with Crippen molar-refractivity contribution in [1.82, 2.24) is 20.6 Å². The Kier molecular flexibility index (Phi) is 8.30. The van der Waals surface area contributed by atoms with Crippen molar-refractivity contribution in [2.75, 3.05) is 18.9 Å². The molecule has 0 fully saturated rings. The van der Waals surface area contributed by atoms with Gasteiger partial charge in [0.25, 0.3) is 11.8 Å². The summed E-state index contributed by atoms with van der Waals surface area (Å²) in [5.41, 5.74) is 8.66. The summed E-state index contributed by atoms with van der Waals surface area (Å²) in [6.07, 6.45) is -0.362. The lowest BCUT2D eigenvalue weighted by Crippen LogP contribution is -2.38. The fourth-order valence-corrected chi connectivity index (χ4v) is 2.84. The van der Waals surface area contributed by atoms with Crippen molar-refractivity contribution in [2.45, 2.75) is 39.7 Å². The van der Waals surface area contributed by atoms with Crippen LogP contribution in [0.15, 0.2) is 24.3 Å². The predicted octanol–water partition coefficient (Wildman–Crippen LogP) is 1.59. The van der Waals surface area contributed by atoms with Gasteiger partial charge in [0.15, 0.2) is 17.6 Å². The summed E-state index contributed by atoms with van der Waals surface area (Å²) in [4.78, 5) is 43.8. The quantitative estimate of drug-likeness (QED) is 0.474. The highest BCUT2D eigenvalue weighted by molar-refractivity contribution is 5.96. The van der Waals surface area contributed by atoms with Gasteiger partial charge >= 0.3 is 6.09 Å². The summed E-state index contributed by atoms with van der Waals surface area (Å²) in [6, 6.07) is 7.47. The second-order valence-electron chi connectivity index (χ2n) is 6.83. The van der Waals surface area contributed by atoms with Crippen LogP contribution in [0, 0.1) is 6.92 Å². The first-order valence-corrected chi connectivity index (χ1v) is 9.94. The maximum Gasteiger partial charge on any atom is 0.407 e. The minimum Gasteiger partial charge on any atom is -0.436 e. The number of aromatic nitrogens is 2. The Morgan fingerprint density at radius 1 is 1.23 bits per heavy atom. The van der Waals surface area contributed by atoms with Crippen LogP contribution in [0.5, 0.6) is 0 Å². The minimum absolute atomic E-state index is 0.0882. The molecule has 1 aromatic heterocycles. The topological polar surface area (TPSA) is 148 Å². The first-order valence-electron chi connectivity index (χ1n) is 9.94. The van der Waals surface area contributed by atoms with Crippen LogP contribution in [0.3, 0.4) is 0 Å². The molecule has 1 heterocycles. The molecule has 0 radical (unpaired) electrons. The number of alkyl carbamates (subject to hydrolysis) is 1. The van der Waals surface area contributed by atoms with Crippen LogP contribution < -0.4 is 21.7 Å². The molecule has 0 saturated carbocycles. The number of nitrogens with zero attached hydrogens (tertiary/aromatic N) is 2. The molecule has 3 amide bonds. The second kappa shape index (κ2) is 10.9. The number of aryl methyl sites for hydroxylation is 2. The maximum absolute atomic E-state index is 12.0. The van der Waals surface area contributed by atoms with Gasteiger partial charge in [-0.2, -0.15) is 0 Å². The molecule has 2 rings (SSSR count). The van der Waals surface area contributed by atoms with Gasteiger partial charge in [0, 0.05) is 19.3 Å². The van der Waals surface area contributed by atoms with Crippen molar-refractivity contribution >= 4 is 29.4 Å². The van der Waals surface area contributed by atoms with Crippen LogP contribution in [0.2, 0.25) is 0 Å². The average Bonchev–Trinajstić information content (AvgIpc) is 2.73. The number of nitrogens with two attached hydrogens (primary N) is 1. The normalized spacial score (nSPS) is 11.4. The lowest BCUT2D eigenvalue weighted by molar-refractivity contribution is -0.128. The highest BCUT2D eigenvalue weighted by atomic mass is 16.6. The summed E-state index contributed by atoms with van der Waals surface area (Å²) in [7, 11) is 1.42. The van der Waals surface area contributed by atoms with Gasteiger partial charge in [-0.25, -0.2) is 14.8 Å². The molecule has 0 aliphatic rings. The van der Waals surface area contributed by atoms with E-state index in [1.807, 2.05) is 38.1 Å². The molecule has 2 aromatic rings. The molecular weight excluding hydrogens is 400 g/mol. The van der Waals surface area contributed by atoms with Gasteiger partial charge in [-0.3, -0.25) is 9.59 Å². The number of benzene rings is 1. The number of primary amides is 1. The molecule has 166 valence electrons. The molecule has 5 N–H and O–H groups in total. The average molecular weight is 428 g/mol. The van der Waals surface area contributed by atoms with Gasteiger partial charge in [0.1, 0.15) is 0 Å². The Labute approximate surface area is 181 Å². The number of nitrogens with one attached hydrogen (secondary N) is 3. The van der Waals surface area contributed by atoms with E-state index in [1.54, 1.807) is 0 Å². The van der Waals surface area contributed by atoms with Gasteiger partial charge < -0.3 is 26.4 Å². The standard InChI is InChI=1S/C21H28N6O4/c1-5-16-12(2)25-19(17(27-16)18(22)28)26-15-8-6-7-14(11-15)9-10-24-20(29)13(3)31-21(30)23-4/h6-8,11,13H,5,9-10H2,1-4H3,(H2,22,28)(H,23,30)(H,24,29)(H,25,26)/t13-/m0/s1. The smallest absolute Gasteiger partial charge is 0.407 e. The summed E-state index contributed by atoms with van der Waals surface area (Å²) < 4.78 is 4.88. The monoisotopic (exact) mass is 428 g/mol.